The summed E-state index contributed by atoms with van der Waals surface area (Å²) < 4.78 is 37.4. The molecule has 0 unspecified atom stereocenters. The topological polar surface area (TPSA) is 33.7 Å². The Morgan fingerprint density at radius 1 is 1.12 bits per heavy atom. The molecule has 2 aliphatic heterocycles. The van der Waals surface area contributed by atoms with Crippen LogP contribution in [0.2, 0.25) is 0 Å². The molecule has 2 aromatic rings. The Balaban J connectivity index is 1.30. The van der Waals surface area contributed by atoms with Crippen LogP contribution in [0.25, 0.3) is 0 Å². The molecule has 4 nitrogen and oxygen atoms in total. The Bertz CT molecular complexity index is 769. The first kappa shape index (κ1) is 16.1. The smallest absolute Gasteiger partial charge is 0.231 e. The summed E-state index contributed by atoms with van der Waals surface area (Å²) in [6.07, 6.45) is 1.03. The molecular formula is C19H20F2N2O2. The summed E-state index contributed by atoms with van der Waals surface area (Å²) in [6, 6.07) is 10.00. The van der Waals surface area contributed by atoms with E-state index in [0.717, 1.165) is 48.8 Å². The Morgan fingerprint density at radius 2 is 2.04 bits per heavy atom. The normalized spacial score (nSPS) is 18.8. The number of hydrogen-bond acceptors (Lipinski definition) is 4. The molecule has 25 heavy (non-hydrogen) atoms. The van der Waals surface area contributed by atoms with Crippen molar-refractivity contribution in [3.8, 4) is 11.5 Å². The molecule has 6 heteroatoms. The van der Waals surface area contributed by atoms with Gasteiger partial charge in [0, 0.05) is 43.5 Å². The van der Waals surface area contributed by atoms with Crippen LogP contribution in [0.1, 0.15) is 12.0 Å². The number of nitrogens with zero attached hydrogens (tertiary/aromatic N) is 1. The van der Waals surface area contributed by atoms with Crippen LogP contribution in [-0.2, 0) is 6.54 Å². The van der Waals surface area contributed by atoms with Gasteiger partial charge in [0.15, 0.2) is 23.1 Å². The molecule has 2 aliphatic rings. The number of para-hydroxylation sites is 1. The monoisotopic (exact) mass is 346 g/mol. The number of nitrogens with one attached hydrogen (secondary N) is 1. The highest BCUT2D eigenvalue weighted by Crippen LogP contribution is 2.35. The van der Waals surface area contributed by atoms with Crippen molar-refractivity contribution in [2.45, 2.75) is 13.0 Å². The molecule has 4 rings (SSSR count). The van der Waals surface area contributed by atoms with Gasteiger partial charge in [-0.1, -0.05) is 12.1 Å². The zero-order chi connectivity index (χ0) is 17.2. The minimum absolute atomic E-state index is 0.276. The summed E-state index contributed by atoms with van der Waals surface area (Å²) in [5.41, 5.74) is 1.83. The van der Waals surface area contributed by atoms with E-state index in [1.807, 2.05) is 18.2 Å². The molecule has 0 spiro atoms. The van der Waals surface area contributed by atoms with Gasteiger partial charge in [-0.15, -0.1) is 0 Å². The minimum Gasteiger partial charge on any atom is -0.454 e. The third-order valence-electron chi connectivity index (χ3n) is 4.78. The van der Waals surface area contributed by atoms with Crippen molar-refractivity contribution in [2.24, 2.45) is 5.92 Å². The maximum absolute atomic E-state index is 13.4. The zero-order valence-electron chi connectivity index (χ0n) is 13.8. The number of ether oxygens (including phenoxy) is 2. The van der Waals surface area contributed by atoms with Gasteiger partial charge in [-0.25, -0.2) is 8.78 Å². The fourth-order valence-electron chi connectivity index (χ4n) is 3.46. The summed E-state index contributed by atoms with van der Waals surface area (Å²) in [7, 11) is 0. The first-order chi connectivity index (χ1) is 12.2. The first-order valence-corrected chi connectivity index (χ1v) is 8.49. The average Bonchev–Trinajstić information content (AvgIpc) is 3.27. The van der Waals surface area contributed by atoms with Gasteiger partial charge in [0.2, 0.25) is 6.79 Å². The van der Waals surface area contributed by atoms with Gasteiger partial charge in [-0.2, -0.15) is 0 Å². The summed E-state index contributed by atoms with van der Waals surface area (Å²) in [6.45, 7) is 3.55. The van der Waals surface area contributed by atoms with Crippen LogP contribution in [0.3, 0.4) is 0 Å². The largest absolute Gasteiger partial charge is 0.454 e. The van der Waals surface area contributed by atoms with Crippen molar-refractivity contribution < 1.29 is 18.3 Å². The van der Waals surface area contributed by atoms with E-state index >= 15 is 0 Å². The molecule has 2 heterocycles. The zero-order valence-corrected chi connectivity index (χ0v) is 13.8. The van der Waals surface area contributed by atoms with Gasteiger partial charge < -0.3 is 19.7 Å². The third kappa shape index (κ3) is 3.39. The lowest BCUT2D eigenvalue weighted by atomic mass is 10.1. The van der Waals surface area contributed by atoms with Crippen LogP contribution in [0.5, 0.6) is 11.5 Å². The van der Waals surface area contributed by atoms with Crippen molar-refractivity contribution in [1.82, 2.24) is 5.32 Å². The van der Waals surface area contributed by atoms with E-state index < -0.39 is 11.6 Å². The van der Waals surface area contributed by atoms with Crippen molar-refractivity contribution in [3.63, 3.8) is 0 Å². The van der Waals surface area contributed by atoms with Gasteiger partial charge in [0.25, 0.3) is 0 Å². The molecule has 2 aromatic carbocycles. The van der Waals surface area contributed by atoms with Crippen LogP contribution in [-0.4, -0.2) is 26.4 Å². The second-order valence-corrected chi connectivity index (χ2v) is 6.48. The maximum atomic E-state index is 13.4. The molecule has 0 radical (unpaired) electrons. The highest BCUT2D eigenvalue weighted by Gasteiger charge is 2.23. The third-order valence-corrected chi connectivity index (χ3v) is 4.78. The fraction of sp³-hybridized carbons (Fsp3) is 0.368. The Morgan fingerprint density at radius 3 is 2.92 bits per heavy atom. The van der Waals surface area contributed by atoms with E-state index in [9.17, 15) is 8.78 Å². The van der Waals surface area contributed by atoms with Crippen LogP contribution in [0.4, 0.5) is 14.5 Å². The lowest BCUT2D eigenvalue weighted by Gasteiger charge is -2.19. The van der Waals surface area contributed by atoms with E-state index in [1.54, 1.807) is 6.07 Å². The van der Waals surface area contributed by atoms with Crippen LogP contribution >= 0.6 is 0 Å². The number of halogens is 2. The lowest BCUT2D eigenvalue weighted by Crippen LogP contribution is -2.26. The predicted octanol–water partition coefficient (Wildman–Crippen LogP) is 3.31. The molecule has 0 saturated carbocycles. The average molecular weight is 346 g/mol. The van der Waals surface area contributed by atoms with Crippen LogP contribution in [0, 0.1) is 17.6 Å². The molecule has 1 N–H and O–H groups in total. The van der Waals surface area contributed by atoms with E-state index in [1.165, 1.54) is 12.1 Å². The van der Waals surface area contributed by atoms with Gasteiger partial charge in [-0.05, 0) is 30.5 Å². The van der Waals surface area contributed by atoms with E-state index in [-0.39, 0.29) is 6.79 Å². The fourth-order valence-corrected chi connectivity index (χ4v) is 3.46. The lowest BCUT2D eigenvalue weighted by molar-refractivity contribution is 0.173. The number of fused-ring (bicyclic) bond motifs is 1. The maximum Gasteiger partial charge on any atom is 0.231 e. The predicted molar refractivity (Wildman–Crippen MR) is 90.9 cm³/mol. The summed E-state index contributed by atoms with van der Waals surface area (Å²) in [5.74, 6) is 0.499. The number of anilines is 1. The Kier molecular flexibility index (Phi) is 4.44. The molecular weight excluding hydrogens is 326 g/mol. The number of hydrogen-bond donors (Lipinski definition) is 1. The van der Waals surface area contributed by atoms with Crippen molar-refractivity contribution >= 4 is 5.69 Å². The molecule has 1 fully saturated rings. The molecule has 0 aromatic heterocycles. The number of benzene rings is 2. The van der Waals surface area contributed by atoms with Gasteiger partial charge in [0.05, 0.1) is 0 Å². The van der Waals surface area contributed by atoms with Gasteiger partial charge in [0.1, 0.15) is 0 Å². The Hall–Kier alpha value is -2.34. The second-order valence-electron chi connectivity index (χ2n) is 6.48. The van der Waals surface area contributed by atoms with Crippen molar-refractivity contribution in [1.29, 1.82) is 0 Å². The second kappa shape index (κ2) is 6.88. The SMILES string of the molecule is Fc1ccc(N2CC[C@@H](CNCc3cccc4c3OCO4)C2)cc1F. The van der Waals surface area contributed by atoms with Crippen molar-refractivity contribution in [3.05, 3.63) is 53.6 Å². The molecule has 132 valence electrons. The standard InChI is InChI=1S/C19H20F2N2O2/c20-16-5-4-15(8-17(16)21)23-7-6-13(11-23)9-22-10-14-2-1-3-18-19(14)25-12-24-18/h1-5,8,13,22H,6-7,9-12H2/t13-/m0/s1. The Labute approximate surface area is 145 Å². The van der Waals surface area contributed by atoms with E-state index in [0.29, 0.717) is 12.5 Å². The van der Waals surface area contributed by atoms with Gasteiger partial charge >= 0.3 is 0 Å². The molecule has 0 amide bonds. The highest BCUT2D eigenvalue weighted by molar-refractivity contribution is 5.48. The molecule has 1 atom stereocenters. The van der Waals surface area contributed by atoms with Crippen LogP contribution < -0.4 is 19.7 Å². The minimum atomic E-state index is -0.803. The quantitative estimate of drug-likeness (QED) is 0.901. The van der Waals surface area contributed by atoms with E-state index in [2.05, 4.69) is 10.2 Å². The summed E-state index contributed by atoms with van der Waals surface area (Å²) >= 11 is 0. The molecule has 0 aliphatic carbocycles. The van der Waals surface area contributed by atoms with E-state index in [4.69, 9.17) is 9.47 Å². The van der Waals surface area contributed by atoms with Crippen molar-refractivity contribution in [2.75, 3.05) is 31.3 Å². The molecule has 1 saturated heterocycles. The summed E-state index contributed by atoms with van der Waals surface area (Å²) in [5, 5.41) is 3.47. The van der Waals surface area contributed by atoms with Crippen LogP contribution in [0.15, 0.2) is 36.4 Å². The van der Waals surface area contributed by atoms with Gasteiger partial charge in [-0.3, -0.25) is 0 Å². The highest BCUT2D eigenvalue weighted by atomic mass is 19.2. The number of rotatable bonds is 5. The summed E-state index contributed by atoms with van der Waals surface area (Å²) in [4.78, 5) is 2.10. The molecule has 0 bridgehead atoms. The first-order valence-electron chi connectivity index (χ1n) is 8.49.